The predicted molar refractivity (Wildman–Crippen MR) is 72.9 cm³/mol. The van der Waals surface area contributed by atoms with Crippen LogP contribution in [0.3, 0.4) is 0 Å². The van der Waals surface area contributed by atoms with E-state index in [1.165, 1.54) is 13.4 Å². The number of hydrogen-bond donors (Lipinski definition) is 1. The van der Waals surface area contributed by atoms with Crippen LogP contribution in [-0.2, 0) is 6.42 Å². The standard InChI is InChI=1S/C15H16N2O3/c1-19-13-8-12(16-9-17-13)14(18)11-6-2-4-10-5-3-7-20-15(10)11/h2,4,6,8-9,14,18H,3,5,7H2,1H3. The number of aromatic nitrogens is 2. The largest absolute Gasteiger partial charge is 0.493 e. The van der Waals surface area contributed by atoms with Crippen LogP contribution < -0.4 is 9.47 Å². The Morgan fingerprint density at radius 1 is 1.35 bits per heavy atom. The molecule has 1 N–H and O–H groups in total. The van der Waals surface area contributed by atoms with Crippen molar-refractivity contribution in [1.82, 2.24) is 9.97 Å². The molecule has 1 aliphatic heterocycles. The summed E-state index contributed by atoms with van der Waals surface area (Å²) >= 11 is 0. The molecule has 2 heterocycles. The van der Waals surface area contributed by atoms with E-state index in [1.807, 2.05) is 18.2 Å². The number of benzene rings is 1. The highest BCUT2D eigenvalue weighted by Gasteiger charge is 2.21. The Balaban J connectivity index is 1.99. The van der Waals surface area contributed by atoms with E-state index < -0.39 is 6.10 Å². The van der Waals surface area contributed by atoms with Gasteiger partial charge in [-0.05, 0) is 18.4 Å². The first-order chi connectivity index (χ1) is 9.79. The Bertz CT molecular complexity index is 616. The lowest BCUT2D eigenvalue weighted by atomic mass is 9.98. The predicted octanol–water partition coefficient (Wildman–Crippen LogP) is 1.89. The van der Waals surface area contributed by atoms with Gasteiger partial charge in [-0.2, -0.15) is 0 Å². The van der Waals surface area contributed by atoms with Gasteiger partial charge < -0.3 is 14.6 Å². The molecule has 5 nitrogen and oxygen atoms in total. The van der Waals surface area contributed by atoms with E-state index in [2.05, 4.69) is 9.97 Å². The third-order valence-electron chi connectivity index (χ3n) is 3.41. The van der Waals surface area contributed by atoms with Crippen LogP contribution in [-0.4, -0.2) is 28.8 Å². The number of ether oxygens (including phenoxy) is 2. The van der Waals surface area contributed by atoms with Gasteiger partial charge in [-0.15, -0.1) is 0 Å². The zero-order valence-corrected chi connectivity index (χ0v) is 11.2. The zero-order chi connectivity index (χ0) is 13.9. The van der Waals surface area contributed by atoms with E-state index in [0.29, 0.717) is 18.2 Å². The number of nitrogens with zero attached hydrogens (tertiary/aromatic N) is 2. The fraction of sp³-hybridized carbons (Fsp3) is 0.333. The summed E-state index contributed by atoms with van der Waals surface area (Å²) in [5, 5.41) is 10.5. The Morgan fingerprint density at radius 3 is 3.10 bits per heavy atom. The maximum Gasteiger partial charge on any atom is 0.216 e. The average molecular weight is 272 g/mol. The number of aryl methyl sites for hydroxylation is 1. The molecule has 0 aliphatic carbocycles. The minimum absolute atomic E-state index is 0.430. The first kappa shape index (κ1) is 12.9. The van der Waals surface area contributed by atoms with Gasteiger partial charge in [-0.25, -0.2) is 9.97 Å². The van der Waals surface area contributed by atoms with Crippen LogP contribution in [0.2, 0.25) is 0 Å². The molecule has 1 unspecified atom stereocenters. The van der Waals surface area contributed by atoms with Crippen molar-refractivity contribution in [2.45, 2.75) is 18.9 Å². The second kappa shape index (κ2) is 5.46. The summed E-state index contributed by atoms with van der Waals surface area (Å²) in [5.74, 6) is 1.21. The summed E-state index contributed by atoms with van der Waals surface area (Å²) in [6, 6.07) is 7.46. The highest BCUT2D eigenvalue weighted by molar-refractivity contribution is 5.46. The number of rotatable bonds is 3. The summed E-state index contributed by atoms with van der Waals surface area (Å²) in [6.45, 7) is 0.684. The van der Waals surface area contributed by atoms with Crippen LogP contribution in [0.4, 0.5) is 0 Å². The molecular weight excluding hydrogens is 256 g/mol. The first-order valence-electron chi connectivity index (χ1n) is 6.58. The summed E-state index contributed by atoms with van der Waals surface area (Å²) < 4.78 is 10.8. The number of aliphatic hydroxyl groups excluding tert-OH is 1. The van der Waals surface area contributed by atoms with Crippen molar-refractivity contribution in [3.8, 4) is 11.6 Å². The molecule has 0 bridgehead atoms. The van der Waals surface area contributed by atoms with E-state index >= 15 is 0 Å². The zero-order valence-electron chi connectivity index (χ0n) is 11.2. The Kier molecular flexibility index (Phi) is 3.52. The molecule has 1 aliphatic rings. The summed E-state index contributed by atoms with van der Waals surface area (Å²) in [4.78, 5) is 8.06. The van der Waals surface area contributed by atoms with Gasteiger partial charge in [0.1, 0.15) is 18.2 Å². The van der Waals surface area contributed by atoms with Gasteiger partial charge in [0.25, 0.3) is 0 Å². The molecule has 0 amide bonds. The van der Waals surface area contributed by atoms with Crippen molar-refractivity contribution in [2.24, 2.45) is 0 Å². The van der Waals surface area contributed by atoms with Gasteiger partial charge in [0.2, 0.25) is 5.88 Å². The van der Waals surface area contributed by atoms with Crippen molar-refractivity contribution in [3.05, 3.63) is 47.4 Å². The molecule has 0 saturated heterocycles. The van der Waals surface area contributed by atoms with E-state index in [0.717, 1.165) is 29.7 Å². The second-order valence-electron chi connectivity index (χ2n) is 4.68. The molecule has 1 aromatic heterocycles. The van der Waals surface area contributed by atoms with Crippen LogP contribution in [0.1, 0.15) is 29.3 Å². The Hall–Kier alpha value is -2.14. The molecule has 0 saturated carbocycles. The number of hydrogen-bond acceptors (Lipinski definition) is 5. The second-order valence-corrected chi connectivity index (χ2v) is 4.68. The van der Waals surface area contributed by atoms with Gasteiger partial charge in [0.05, 0.1) is 19.4 Å². The van der Waals surface area contributed by atoms with E-state index in [-0.39, 0.29) is 0 Å². The molecule has 5 heteroatoms. The molecule has 1 atom stereocenters. The Labute approximate surface area is 117 Å². The topological polar surface area (TPSA) is 64.5 Å². The maximum absolute atomic E-state index is 10.5. The smallest absolute Gasteiger partial charge is 0.216 e. The van der Waals surface area contributed by atoms with Crippen molar-refractivity contribution in [3.63, 3.8) is 0 Å². The van der Waals surface area contributed by atoms with Gasteiger partial charge in [0, 0.05) is 11.6 Å². The maximum atomic E-state index is 10.5. The Morgan fingerprint density at radius 2 is 2.25 bits per heavy atom. The molecule has 20 heavy (non-hydrogen) atoms. The summed E-state index contributed by atoms with van der Waals surface area (Å²) in [6.07, 6.45) is 2.52. The molecule has 104 valence electrons. The lowest BCUT2D eigenvalue weighted by Crippen LogP contribution is -2.13. The minimum atomic E-state index is -0.847. The highest BCUT2D eigenvalue weighted by Crippen LogP contribution is 2.35. The number of aliphatic hydroxyl groups is 1. The van der Waals surface area contributed by atoms with E-state index in [4.69, 9.17) is 9.47 Å². The molecular formula is C15H16N2O3. The SMILES string of the molecule is COc1cc(C(O)c2cccc3c2OCCC3)ncn1. The fourth-order valence-electron chi connectivity index (χ4n) is 2.40. The van der Waals surface area contributed by atoms with Crippen LogP contribution in [0.5, 0.6) is 11.6 Å². The van der Waals surface area contributed by atoms with Crippen LogP contribution in [0, 0.1) is 0 Å². The molecule has 0 radical (unpaired) electrons. The van der Waals surface area contributed by atoms with Gasteiger partial charge >= 0.3 is 0 Å². The lowest BCUT2D eigenvalue weighted by molar-refractivity contribution is 0.201. The highest BCUT2D eigenvalue weighted by atomic mass is 16.5. The van der Waals surface area contributed by atoms with Gasteiger partial charge in [-0.3, -0.25) is 0 Å². The third-order valence-corrected chi connectivity index (χ3v) is 3.41. The number of methoxy groups -OCH3 is 1. The van der Waals surface area contributed by atoms with E-state index in [9.17, 15) is 5.11 Å². The minimum Gasteiger partial charge on any atom is -0.493 e. The monoisotopic (exact) mass is 272 g/mol. The summed E-state index contributed by atoms with van der Waals surface area (Å²) in [7, 11) is 1.53. The van der Waals surface area contributed by atoms with Crippen molar-refractivity contribution in [2.75, 3.05) is 13.7 Å². The molecule has 1 aromatic carbocycles. The normalized spacial score (nSPS) is 15.1. The molecule has 2 aromatic rings. The van der Waals surface area contributed by atoms with Gasteiger partial charge in [0.15, 0.2) is 0 Å². The van der Waals surface area contributed by atoms with Crippen LogP contribution in [0.15, 0.2) is 30.6 Å². The van der Waals surface area contributed by atoms with Crippen molar-refractivity contribution >= 4 is 0 Å². The molecule has 0 fully saturated rings. The molecule has 3 rings (SSSR count). The fourth-order valence-corrected chi connectivity index (χ4v) is 2.40. The molecule has 0 spiro atoms. The van der Waals surface area contributed by atoms with Crippen molar-refractivity contribution < 1.29 is 14.6 Å². The van der Waals surface area contributed by atoms with E-state index in [1.54, 1.807) is 6.07 Å². The number of fused-ring (bicyclic) bond motifs is 1. The lowest BCUT2D eigenvalue weighted by Gasteiger charge is -2.22. The van der Waals surface area contributed by atoms with Gasteiger partial charge in [-0.1, -0.05) is 18.2 Å². The van der Waals surface area contributed by atoms with Crippen LogP contribution >= 0.6 is 0 Å². The first-order valence-corrected chi connectivity index (χ1v) is 6.58. The average Bonchev–Trinajstić information content (AvgIpc) is 2.53. The van der Waals surface area contributed by atoms with Crippen molar-refractivity contribution in [1.29, 1.82) is 0 Å². The quantitative estimate of drug-likeness (QED) is 0.924. The van der Waals surface area contributed by atoms with Crippen LogP contribution in [0.25, 0.3) is 0 Å². The number of para-hydroxylation sites is 1. The third kappa shape index (κ3) is 2.32. The summed E-state index contributed by atoms with van der Waals surface area (Å²) in [5.41, 5.74) is 2.37.